The summed E-state index contributed by atoms with van der Waals surface area (Å²) in [5.41, 5.74) is 6.40. The lowest BCUT2D eigenvalue weighted by Crippen LogP contribution is -2.46. The van der Waals surface area contributed by atoms with Gasteiger partial charge in [0.2, 0.25) is 0 Å². The van der Waals surface area contributed by atoms with Crippen molar-refractivity contribution in [1.29, 1.82) is 0 Å². The highest BCUT2D eigenvalue weighted by atomic mass is 35.5. The van der Waals surface area contributed by atoms with Gasteiger partial charge in [-0.2, -0.15) is 0 Å². The largest absolute Gasteiger partial charge is 0.394 e. The first kappa shape index (κ1) is 25.4. The van der Waals surface area contributed by atoms with Crippen LogP contribution >= 0.6 is 12.4 Å². The number of hydrogen-bond donors (Lipinski definition) is 8. The van der Waals surface area contributed by atoms with Gasteiger partial charge in [-0.05, 0) is 12.5 Å². The van der Waals surface area contributed by atoms with Crippen LogP contribution in [0, 0.1) is 0 Å². The van der Waals surface area contributed by atoms with Crippen molar-refractivity contribution in [2.45, 2.75) is 43.5 Å². The van der Waals surface area contributed by atoms with Crippen molar-refractivity contribution in [3.63, 3.8) is 0 Å². The van der Waals surface area contributed by atoms with E-state index in [1.54, 1.807) is 6.92 Å². The van der Waals surface area contributed by atoms with Crippen LogP contribution in [0.25, 0.3) is 0 Å². The standard InChI is InChI=1S/C9H13NO.C6H14O6.ClH/c1-7(10)9(11)8-5-3-2-4-6-8;7-1-3(9)5(11)6(12)4(10)2-8;/h2-7,9,11H,10H2,1H3;3-12H,1-2H2;1H/t;3-,4+,5-,6-;/m.1./s1. The fraction of sp³-hybridized carbons (Fsp3) is 0.600. The van der Waals surface area contributed by atoms with Crippen molar-refractivity contribution in [2.24, 2.45) is 5.73 Å². The minimum atomic E-state index is -1.67. The minimum Gasteiger partial charge on any atom is -0.394 e. The zero-order chi connectivity index (χ0) is 18.0. The van der Waals surface area contributed by atoms with Gasteiger partial charge in [-0.25, -0.2) is 0 Å². The average molecular weight is 370 g/mol. The SMILES string of the molecule is CC(N)C(O)c1ccccc1.Cl.OC[C@@H](O)[C@@H](O)[C@H](O)[C@@H](O)CO. The van der Waals surface area contributed by atoms with Gasteiger partial charge < -0.3 is 41.5 Å². The van der Waals surface area contributed by atoms with Crippen LogP contribution in [0.15, 0.2) is 30.3 Å². The summed E-state index contributed by atoms with van der Waals surface area (Å²) in [6.45, 7) is 0.338. The number of benzene rings is 1. The van der Waals surface area contributed by atoms with Gasteiger partial charge in [-0.3, -0.25) is 0 Å². The van der Waals surface area contributed by atoms with Gasteiger partial charge in [0.05, 0.1) is 19.3 Å². The first-order valence-corrected chi connectivity index (χ1v) is 7.18. The lowest BCUT2D eigenvalue weighted by atomic mass is 10.0. The lowest BCUT2D eigenvalue weighted by molar-refractivity contribution is -0.123. The Bertz CT molecular complexity index is 396. The van der Waals surface area contributed by atoms with Crippen molar-refractivity contribution < 1.29 is 35.7 Å². The molecule has 0 saturated carbocycles. The third kappa shape index (κ3) is 8.88. The Hall–Kier alpha value is -0.810. The predicted molar refractivity (Wildman–Crippen MR) is 90.5 cm³/mol. The molecule has 0 bridgehead atoms. The van der Waals surface area contributed by atoms with Crippen LogP contribution in [0.5, 0.6) is 0 Å². The van der Waals surface area contributed by atoms with Gasteiger partial charge >= 0.3 is 0 Å². The maximum absolute atomic E-state index is 9.47. The lowest BCUT2D eigenvalue weighted by Gasteiger charge is -2.24. The van der Waals surface area contributed by atoms with Crippen molar-refractivity contribution in [1.82, 2.24) is 0 Å². The van der Waals surface area contributed by atoms with Gasteiger partial charge in [-0.1, -0.05) is 30.3 Å². The molecule has 9 N–H and O–H groups in total. The third-order valence-electron chi connectivity index (χ3n) is 3.15. The van der Waals surface area contributed by atoms with E-state index < -0.39 is 43.7 Å². The highest BCUT2D eigenvalue weighted by molar-refractivity contribution is 5.85. The molecule has 0 fully saturated rings. The molecule has 1 rings (SSSR count). The van der Waals surface area contributed by atoms with Gasteiger partial charge in [-0.15, -0.1) is 12.4 Å². The highest BCUT2D eigenvalue weighted by Crippen LogP contribution is 2.13. The van der Waals surface area contributed by atoms with E-state index in [-0.39, 0.29) is 18.4 Å². The molecule has 0 aromatic heterocycles. The first-order valence-electron chi connectivity index (χ1n) is 7.18. The molecule has 0 aliphatic carbocycles. The van der Waals surface area contributed by atoms with Crippen LogP contribution in [0.3, 0.4) is 0 Å². The highest BCUT2D eigenvalue weighted by Gasteiger charge is 2.29. The van der Waals surface area contributed by atoms with E-state index in [4.69, 9.17) is 36.4 Å². The molecule has 0 heterocycles. The summed E-state index contributed by atoms with van der Waals surface area (Å²) < 4.78 is 0. The van der Waals surface area contributed by atoms with Crippen LogP contribution in [0.1, 0.15) is 18.6 Å². The predicted octanol–water partition coefficient (Wildman–Crippen LogP) is -2.10. The van der Waals surface area contributed by atoms with Crippen molar-refractivity contribution in [3.05, 3.63) is 35.9 Å². The summed E-state index contributed by atoms with van der Waals surface area (Å²) in [6, 6.07) is 9.22. The normalized spacial score (nSPS) is 18.0. The monoisotopic (exact) mass is 369 g/mol. The zero-order valence-electron chi connectivity index (χ0n) is 13.4. The summed E-state index contributed by atoms with van der Waals surface area (Å²) in [6.07, 6.45) is -6.94. The Morgan fingerprint density at radius 3 is 1.50 bits per heavy atom. The number of rotatable bonds is 7. The van der Waals surface area contributed by atoms with E-state index in [1.807, 2.05) is 30.3 Å². The van der Waals surface area contributed by atoms with Crippen LogP contribution < -0.4 is 5.73 Å². The Morgan fingerprint density at radius 1 is 0.833 bits per heavy atom. The first-order chi connectivity index (χ1) is 10.8. The maximum atomic E-state index is 9.47. The zero-order valence-corrected chi connectivity index (χ0v) is 14.2. The van der Waals surface area contributed by atoms with E-state index in [2.05, 4.69) is 0 Å². The minimum absolute atomic E-state index is 0. The topological polar surface area (TPSA) is 168 Å². The number of aliphatic hydroxyl groups excluding tert-OH is 7. The van der Waals surface area contributed by atoms with Crippen LogP contribution in [-0.2, 0) is 0 Å². The fourth-order valence-electron chi connectivity index (χ4n) is 1.62. The Labute approximate surface area is 147 Å². The summed E-state index contributed by atoms with van der Waals surface area (Å²) in [4.78, 5) is 0. The Balaban J connectivity index is 0. The Kier molecular flexibility index (Phi) is 14.3. The molecule has 0 spiro atoms. The molecule has 1 aromatic rings. The van der Waals surface area contributed by atoms with Crippen molar-refractivity contribution in [2.75, 3.05) is 13.2 Å². The molecule has 1 aromatic carbocycles. The second-order valence-electron chi connectivity index (χ2n) is 5.20. The molecule has 9 heteroatoms. The summed E-state index contributed by atoms with van der Waals surface area (Å²) >= 11 is 0. The van der Waals surface area contributed by atoms with Crippen LogP contribution in [0.2, 0.25) is 0 Å². The molecule has 0 amide bonds. The molecule has 6 atom stereocenters. The molecule has 24 heavy (non-hydrogen) atoms. The van der Waals surface area contributed by atoms with Gasteiger partial charge in [0.1, 0.15) is 24.4 Å². The van der Waals surface area contributed by atoms with Gasteiger partial charge in [0.25, 0.3) is 0 Å². The molecule has 0 saturated heterocycles. The summed E-state index contributed by atoms with van der Waals surface area (Å²) in [7, 11) is 0. The smallest absolute Gasteiger partial charge is 0.111 e. The van der Waals surface area contributed by atoms with E-state index >= 15 is 0 Å². The molecular weight excluding hydrogens is 342 g/mol. The molecule has 0 aliphatic heterocycles. The van der Waals surface area contributed by atoms with Crippen LogP contribution in [-0.4, -0.2) is 79.4 Å². The van der Waals surface area contributed by atoms with E-state index in [0.717, 1.165) is 5.56 Å². The number of nitrogens with two attached hydrogens (primary N) is 1. The molecular formula is C15H28ClNO7. The molecule has 0 aliphatic rings. The van der Waals surface area contributed by atoms with Gasteiger partial charge in [0.15, 0.2) is 0 Å². The molecule has 8 nitrogen and oxygen atoms in total. The fourth-order valence-corrected chi connectivity index (χ4v) is 1.62. The van der Waals surface area contributed by atoms with Gasteiger partial charge in [0, 0.05) is 6.04 Å². The van der Waals surface area contributed by atoms with Crippen molar-refractivity contribution >= 4 is 12.4 Å². The van der Waals surface area contributed by atoms with Crippen molar-refractivity contribution in [3.8, 4) is 0 Å². The number of aliphatic hydroxyl groups is 7. The van der Waals surface area contributed by atoms with Crippen LogP contribution in [0.4, 0.5) is 0 Å². The molecule has 142 valence electrons. The molecule has 2 unspecified atom stereocenters. The number of hydrogen-bond acceptors (Lipinski definition) is 8. The second-order valence-corrected chi connectivity index (χ2v) is 5.20. The second kappa shape index (κ2) is 13.5. The van der Waals surface area contributed by atoms with E-state index in [1.165, 1.54) is 0 Å². The Morgan fingerprint density at radius 2 is 1.21 bits per heavy atom. The van der Waals surface area contributed by atoms with E-state index in [0.29, 0.717) is 0 Å². The third-order valence-corrected chi connectivity index (χ3v) is 3.15. The quantitative estimate of drug-likeness (QED) is 0.270. The molecule has 0 radical (unpaired) electrons. The summed E-state index contributed by atoms with van der Waals surface area (Å²) in [5.74, 6) is 0. The summed E-state index contributed by atoms with van der Waals surface area (Å²) in [5, 5.41) is 61.6. The number of halogens is 1. The average Bonchev–Trinajstić information content (AvgIpc) is 2.59. The van der Waals surface area contributed by atoms with E-state index in [9.17, 15) is 5.11 Å². The maximum Gasteiger partial charge on any atom is 0.111 e.